The van der Waals surface area contributed by atoms with Crippen LogP contribution >= 0.6 is 8.58 Å². The van der Waals surface area contributed by atoms with E-state index in [1.807, 2.05) is 39.8 Å². The molecule has 0 radical (unpaired) electrons. The molecule has 35 heavy (non-hydrogen) atoms. The minimum atomic E-state index is -0.111. The number of aryl methyl sites for hydroxylation is 2. The van der Waals surface area contributed by atoms with Gasteiger partial charge in [0.2, 0.25) is 0 Å². The summed E-state index contributed by atoms with van der Waals surface area (Å²) in [6.07, 6.45) is 2.73. The molecule has 0 heterocycles. The van der Waals surface area contributed by atoms with E-state index in [0.717, 1.165) is 41.3 Å². The van der Waals surface area contributed by atoms with Gasteiger partial charge in [0.1, 0.15) is 17.2 Å². The maximum absolute atomic E-state index is 13.7. The molecule has 0 aliphatic heterocycles. The smallest absolute Gasteiger partial charge is 0.490 e. The van der Waals surface area contributed by atoms with E-state index in [0.29, 0.717) is 17.2 Å². The maximum Gasteiger partial charge on any atom is 1.00 e. The molecule has 0 saturated heterocycles. The molecule has 2 aromatic rings. The third kappa shape index (κ3) is 8.28. The Morgan fingerprint density at radius 1 is 0.743 bits per heavy atom. The zero-order valence-corrected chi connectivity index (χ0v) is 24.7. The molecule has 0 amide bonds. The second-order valence-corrected chi connectivity index (χ2v) is 10.6. The van der Waals surface area contributed by atoms with Gasteiger partial charge in [-0.15, -0.1) is 0 Å². The zero-order valence-electron chi connectivity index (χ0n) is 23.7. The molecule has 2 rings (SSSR count). The van der Waals surface area contributed by atoms with Gasteiger partial charge in [0, 0.05) is 17.7 Å². The van der Waals surface area contributed by atoms with Crippen LogP contribution < -0.4 is 38.4 Å². The second-order valence-electron chi connectivity index (χ2n) is 9.39. The molecule has 0 fully saturated rings. The predicted octanol–water partition coefficient (Wildman–Crippen LogP) is 4.60. The van der Waals surface area contributed by atoms with Crippen molar-refractivity contribution in [3.05, 3.63) is 46.0 Å². The number of hydrogen-bond donors (Lipinski definition) is 0. The maximum atomic E-state index is 13.7. The van der Waals surface area contributed by atoms with Gasteiger partial charge in [0.15, 0.2) is 5.52 Å². The fourth-order valence-corrected chi connectivity index (χ4v) is 4.91. The molecule has 188 valence electrons. The van der Waals surface area contributed by atoms with Crippen molar-refractivity contribution in [3.63, 3.8) is 0 Å². The molecule has 4 nitrogen and oxygen atoms in total. The minimum Gasteiger partial charge on any atom is -0.490 e. The Hall–Kier alpha value is -1.46. The van der Waals surface area contributed by atoms with Crippen LogP contribution in [0, 0.1) is 27.7 Å². The molecule has 0 spiro atoms. The molecule has 6 heteroatoms. The molecule has 0 bridgehead atoms. The minimum absolute atomic E-state index is 0. The fraction of sp³-hybridized carbons (Fsp3) is 0.552. The van der Waals surface area contributed by atoms with Crippen molar-refractivity contribution < 1.29 is 37.9 Å². The molecule has 4 unspecified atom stereocenters. The van der Waals surface area contributed by atoms with E-state index in [9.17, 15) is 4.79 Å². The van der Waals surface area contributed by atoms with Crippen LogP contribution in [-0.2, 0) is 0 Å². The molecule has 0 N–H and O–H groups in total. The van der Waals surface area contributed by atoms with Crippen LogP contribution in [0.25, 0.3) is 0 Å². The first kappa shape index (κ1) is 31.6. The summed E-state index contributed by atoms with van der Waals surface area (Å²) in [6, 6.07) is 5.96. The number of carbonyl (C=O) groups excluding carboxylic acids is 1. The molecule has 0 aliphatic rings. The third-order valence-electron chi connectivity index (χ3n) is 6.58. The van der Waals surface area contributed by atoms with Gasteiger partial charge in [-0.1, -0.05) is 26.8 Å². The number of ether oxygens (including phenoxy) is 3. The van der Waals surface area contributed by atoms with Crippen LogP contribution in [0.2, 0.25) is 0 Å². The Morgan fingerprint density at radius 2 is 1.20 bits per heavy atom. The van der Waals surface area contributed by atoms with Crippen LogP contribution in [-0.4, -0.2) is 23.8 Å². The molecule has 0 saturated carbocycles. The van der Waals surface area contributed by atoms with Crippen LogP contribution in [0.5, 0.6) is 17.2 Å². The van der Waals surface area contributed by atoms with Gasteiger partial charge >= 0.3 is 18.9 Å². The zero-order chi connectivity index (χ0) is 25.6. The van der Waals surface area contributed by atoms with E-state index >= 15 is 0 Å². The van der Waals surface area contributed by atoms with E-state index in [-0.39, 0.29) is 51.3 Å². The molecule has 0 aromatic heterocycles. The van der Waals surface area contributed by atoms with E-state index in [2.05, 4.69) is 47.6 Å². The standard InChI is InChI=1S/C29H43O4P.Li/c1-11-19(6)31-24-15-25(32-20(7)12-2)28(26(16-24)33-21(8)13-3)34-29(30)27-18(5)14-17(4)22(9)23(27)10;/h14-16,19-21,34H,11-13H2,1-10H3;/q;+1. The predicted molar refractivity (Wildman–Crippen MR) is 145 cm³/mol. The van der Waals surface area contributed by atoms with Crippen molar-refractivity contribution in [2.24, 2.45) is 0 Å². The topological polar surface area (TPSA) is 44.8 Å². The Morgan fingerprint density at radius 3 is 1.66 bits per heavy atom. The van der Waals surface area contributed by atoms with Gasteiger partial charge in [-0.2, -0.15) is 0 Å². The Kier molecular flexibility index (Phi) is 12.9. The summed E-state index contributed by atoms with van der Waals surface area (Å²) in [5.41, 5.74) is 5.37. The molecule has 4 atom stereocenters. The number of benzene rings is 2. The quantitative estimate of drug-likeness (QED) is 0.320. The average molecular weight is 494 g/mol. The summed E-state index contributed by atoms with van der Waals surface area (Å²) in [5.74, 6) is 2.07. The summed E-state index contributed by atoms with van der Waals surface area (Å²) in [4.78, 5) is 13.7. The molecular weight excluding hydrogens is 450 g/mol. The van der Waals surface area contributed by atoms with Crippen molar-refractivity contribution in [1.29, 1.82) is 0 Å². The SMILES string of the molecule is CCC(C)Oc1cc(OC(C)CC)c(PC(=O)c2c(C)cc(C)c(C)c2C)c(OC(C)CC)c1.[Li+]. The summed E-state index contributed by atoms with van der Waals surface area (Å²) in [6.45, 7) is 20.7. The van der Waals surface area contributed by atoms with Crippen molar-refractivity contribution in [2.45, 2.75) is 107 Å². The van der Waals surface area contributed by atoms with Gasteiger partial charge < -0.3 is 14.2 Å². The van der Waals surface area contributed by atoms with Crippen LogP contribution in [0.15, 0.2) is 18.2 Å². The van der Waals surface area contributed by atoms with E-state index in [4.69, 9.17) is 14.2 Å². The van der Waals surface area contributed by atoms with Crippen LogP contribution in [0.4, 0.5) is 0 Å². The normalized spacial score (nSPS) is 13.8. The third-order valence-corrected chi connectivity index (χ3v) is 7.80. The first-order valence-corrected chi connectivity index (χ1v) is 13.6. The van der Waals surface area contributed by atoms with Gasteiger partial charge in [-0.3, -0.25) is 4.79 Å². The van der Waals surface area contributed by atoms with Gasteiger partial charge in [-0.05, 0) is 98.6 Å². The number of hydrogen-bond acceptors (Lipinski definition) is 4. The fourth-order valence-electron chi connectivity index (χ4n) is 3.67. The summed E-state index contributed by atoms with van der Waals surface area (Å²) < 4.78 is 18.8. The van der Waals surface area contributed by atoms with Crippen LogP contribution in [0.3, 0.4) is 0 Å². The Labute approximate surface area is 226 Å². The van der Waals surface area contributed by atoms with Crippen molar-refractivity contribution >= 4 is 19.4 Å². The summed E-state index contributed by atoms with van der Waals surface area (Å²) in [7, 11) is -0.111. The first-order valence-electron chi connectivity index (χ1n) is 12.6. The summed E-state index contributed by atoms with van der Waals surface area (Å²) >= 11 is 0. The van der Waals surface area contributed by atoms with Crippen molar-refractivity contribution in [1.82, 2.24) is 0 Å². The average Bonchev–Trinajstić information content (AvgIpc) is 2.79. The second kappa shape index (κ2) is 14.3. The van der Waals surface area contributed by atoms with Crippen molar-refractivity contribution in [3.8, 4) is 17.2 Å². The van der Waals surface area contributed by atoms with Gasteiger partial charge in [0.25, 0.3) is 0 Å². The molecular formula is C29H43LiO4P+. The number of carbonyl (C=O) groups is 1. The van der Waals surface area contributed by atoms with Gasteiger partial charge in [-0.25, -0.2) is 0 Å². The van der Waals surface area contributed by atoms with Crippen molar-refractivity contribution in [2.75, 3.05) is 0 Å². The monoisotopic (exact) mass is 493 g/mol. The van der Waals surface area contributed by atoms with Gasteiger partial charge in [0.05, 0.1) is 23.6 Å². The summed E-state index contributed by atoms with van der Waals surface area (Å²) in [5, 5.41) is 0.819. The van der Waals surface area contributed by atoms with Crippen LogP contribution in [0.1, 0.15) is 93.4 Å². The largest absolute Gasteiger partial charge is 1.00 e. The van der Waals surface area contributed by atoms with E-state index in [1.54, 1.807) is 0 Å². The first-order chi connectivity index (χ1) is 16.0. The van der Waals surface area contributed by atoms with E-state index in [1.165, 1.54) is 11.1 Å². The number of rotatable bonds is 12. The molecule has 0 aliphatic carbocycles. The Balaban J connectivity index is 0.00000612. The molecule has 2 aromatic carbocycles. The Bertz CT molecular complexity index is 972. The van der Waals surface area contributed by atoms with E-state index < -0.39 is 0 Å².